The van der Waals surface area contributed by atoms with Gasteiger partial charge in [-0.1, -0.05) is 20.3 Å². The Morgan fingerprint density at radius 1 is 1.53 bits per heavy atom. The van der Waals surface area contributed by atoms with E-state index >= 15 is 0 Å². The Balaban J connectivity index is 2.86. The lowest BCUT2D eigenvalue weighted by Crippen LogP contribution is -2.36. The smallest absolute Gasteiger partial charge is 0.326 e. The molecule has 2 N–H and O–H groups in total. The molecule has 0 bridgehead atoms. The first-order valence-electron chi connectivity index (χ1n) is 5.75. The summed E-state index contributed by atoms with van der Waals surface area (Å²) in [6, 6.07) is -0.651. The number of aromatic nitrogens is 2. The second-order valence-electron chi connectivity index (χ2n) is 4.31. The van der Waals surface area contributed by atoms with E-state index in [0.29, 0.717) is 5.95 Å². The van der Waals surface area contributed by atoms with Crippen molar-refractivity contribution in [3.8, 4) is 0 Å². The summed E-state index contributed by atoms with van der Waals surface area (Å²) in [5.74, 6) is -0.473. The van der Waals surface area contributed by atoms with E-state index in [2.05, 4.69) is 15.3 Å². The number of rotatable bonds is 5. The minimum absolute atomic E-state index is 0.0257. The Morgan fingerprint density at radius 3 is 2.65 bits per heavy atom. The monoisotopic (exact) mass is 237 g/mol. The normalized spacial score (nSPS) is 14.1. The van der Waals surface area contributed by atoms with Crippen molar-refractivity contribution in [2.75, 3.05) is 5.32 Å². The van der Waals surface area contributed by atoms with Crippen LogP contribution >= 0.6 is 0 Å². The van der Waals surface area contributed by atoms with Crippen LogP contribution in [0.25, 0.3) is 0 Å². The lowest BCUT2D eigenvalue weighted by molar-refractivity contribution is -0.139. The summed E-state index contributed by atoms with van der Waals surface area (Å²) < 4.78 is 0. The fourth-order valence-corrected chi connectivity index (χ4v) is 1.42. The highest BCUT2D eigenvalue weighted by Crippen LogP contribution is 2.13. The Kier molecular flexibility index (Phi) is 4.43. The summed E-state index contributed by atoms with van der Waals surface area (Å²) in [6.45, 7) is 7.65. The predicted octanol–water partition coefficient (Wildman–Crippen LogP) is 2.00. The molecule has 0 radical (unpaired) electrons. The molecule has 2 atom stereocenters. The molecule has 5 heteroatoms. The van der Waals surface area contributed by atoms with Gasteiger partial charge in [0, 0.05) is 11.9 Å². The zero-order valence-electron chi connectivity index (χ0n) is 10.7. The molecular weight excluding hydrogens is 218 g/mol. The fourth-order valence-electron chi connectivity index (χ4n) is 1.42. The van der Waals surface area contributed by atoms with Crippen molar-refractivity contribution >= 4 is 11.9 Å². The molecular formula is C12H19N3O2. The number of aliphatic carboxylic acids is 1. The van der Waals surface area contributed by atoms with Crippen molar-refractivity contribution in [1.82, 2.24) is 9.97 Å². The topological polar surface area (TPSA) is 75.1 Å². The van der Waals surface area contributed by atoms with E-state index in [4.69, 9.17) is 5.11 Å². The second-order valence-corrected chi connectivity index (χ2v) is 4.31. The molecule has 17 heavy (non-hydrogen) atoms. The van der Waals surface area contributed by atoms with Crippen LogP contribution in [0.2, 0.25) is 0 Å². The van der Waals surface area contributed by atoms with Gasteiger partial charge in [-0.25, -0.2) is 14.8 Å². The van der Waals surface area contributed by atoms with E-state index in [9.17, 15) is 4.79 Å². The van der Waals surface area contributed by atoms with Gasteiger partial charge >= 0.3 is 5.97 Å². The number of nitrogens with one attached hydrogen (secondary N) is 1. The molecule has 1 heterocycles. The lowest BCUT2D eigenvalue weighted by atomic mass is 9.99. The molecule has 0 aromatic carbocycles. The number of hydrogen-bond donors (Lipinski definition) is 2. The minimum Gasteiger partial charge on any atom is -0.480 e. The Labute approximate surface area is 101 Å². The number of nitrogens with zero attached hydrogens (tertiary/aromatic N) is 2. The number of carboxylic acids is 1. The third-order valence-electron chi connectivity index (χ3n) is 2.99. The maximum absolute atomic E-state index is 11.1. The van der Waals surface area contributed by atoms with E-state index in [1.54, 1.807) is 6.20 Å². The van der Waals surface area contributed by atoms with Gasteiger partial charge in [-0.15, -0.1) is 0 Å². The summed E-state index contributed by atoms with van der Waals surface area (Å²) in [6.07, 6.45) is 2.48. The van der Waals surface area contributed by atoms with Crippen molar-refractivity contribution in [1.29, 1.82) is 0 Å². The SMILES string of the molecule is CC[C@H](C)[C@H](Nc1ncc(C)c(C)n1)C(=O)O. The average molecular weight is 237 g/mol. The van der Waals surface area contributed by atoms with Gasteiger partial charge in [-0.3, -0.25) is 0 Å². The highest BCUT2D eigenvalue weighted by molar-refractivity contribution is 5.76. The van der Waals surface area contributed by atoms with Gasteiger partial charge in [0.25, 0.3) is 0 Å². The van der Waals surface area contributed by atoms with Crippen molar-refractivity contribution < 1.29 is 9.90 Å². The van der Waals surface area contributed by atoms with Crippen molar-refractivity contribution in [2.45, 2.75) is 40.2 Å². The third-order valence-corrected chi connectivity index (χ3v) is 2.99. The maximum atomic E-state index is 11.1. The number of aryl methyl sites for hydroxylation is 2. The molecule has 0 fully saturated rings. The number of anilines is 1. The van der Waals surface area contributed by atoms with Gasteiger partial charge in [0.05, 0.1) is 0 Å². The molecule has 0 unspecified atom stereocenters. The molecule has 0 aliphatic rings. The largest absolute Gasteiger partial charge is 0.480 e. The Morgan fingerprint density at radius 2 is 2.18 bits per heavy atom. The molecule has 0 saturated carbocycles. The third kappa shape index (κ3) is 3.41. The maximum Gasteiger partial charge on any atom is 0.326 e. The average Bonchev–Trinajstić information content (AvgIpc) is 2.29. The van der Waals surface area contributed by atoms with Crippen LogP contribution in [0, 0.1) is 19.8 Å². The summed E-state index contributed by atoms with van der Waals surface area (Å²) in [5, 5.41) is 12.0. The molecule has 0 amide bonds. The molecule has 0 aliphatic heterocycles. The number of carbonyl (C=O) groups is 1. The van der Waals surface area contributed by atoms with Crippen LogP contribution in [0.1, 0.15) is 31.5 Å². The molecule has 0 spiro atoms. The van der Waals surface area contributed by atoms with Crippen molar-refractivity contribution in [3.05, 3.63) is 17.5 Å². The number of hydrogen-bond acceptors (Lipinski definition) is 4. The lowest BCUT2D eigenvalue weighted by Gasteiger charge is -2.20. The quantitative estimate of drug-likeness (QED) is 0.819. The second kappa shape index (κ2) is 5.61. The summed E-state index contributed by atoms with van der Waals surface area (Å²) >= 11 is 0. The Bertz CT molecular complexity index is 407. The zero-order valence-corrected chi connectivity index (χ0v) is 10.7. The van der Waals surface area contributed by atoms with Gasteiger partial charge in [0.2, 0.25) is 5.95 Å². The first kappa shape index (κ1) is 13.4. The Hall–Kier alpha value is -1.65. The highest BCUT2D eigenvalue weighted by Gasteiger charge is 2.24. The van der Waals surface area contributed by atoms with E-state index in [-0.39, 0.29) is 5.92 Å². The van der Waals surface area contributed by atoms with E-state index < -0.39 is 12.0 Å². The van der Waals surface area contributed by atoms with E-state index in [1.165, 1.54) is 0 Å². The van der Waals surface area contributed by atoms with E-state index in [0.717, 1.165) is 17.7 Å². The van der Waals surface area contributed by atoms with Crippen LogP contribution in [-0.2, 0) is 4.79 Å². The highest BCUT2D eigenvalue weighted by atomic mass is 16.4. The van der Waals surface area contributed by atoms with Gasteiger partial charge in [0.15, 0.2) is 0 Å². The predicted molar refractivity (Wildman–Crippen MR) is 66.0 cm³/mol. The van der Waals surface area contributed by atoms with Crippen LogP contribution in [0.5, 0.6) is 0 Å². The molecule has 94 valence electrons. The van der Waals surface area contributed by atoms with Gasteiger partial charge in [-0.05, 0) is 25.3 Å². The van der Waals surface area contributed by atoms with Crippen molar-refractivity contribution in [3.63, 3.8) is 0 Å². The molecule has 1 rings (SSSR count). The van der Waals surface area contributed by atoms with Gasteiger partial charge in [0.1, 0.15) is 6.04 Å². The molecule has 0 saturated heterocycles. The molecule has 1 aromatic rings. The first-order chi connectivity index (χ1) is 7.95. The van der Waals surface area contributed by atoms with Crippen molar-refractivity contribution in [2.24, 2.45) is 5.92 Å². The van der Waals surface area contributed by atoms with Crippen LogP contribution in [0.3, 0.4) is 0 Å². The standard InChI is InChI=1S/C12H19N3O2/c1-5-7(2)10(11(16)17)15-12-13-6-8(3)9(4)14-12/h6-7,10H,5H2,1-4H3,(H,16,17)(H,13,14,15)/t7-,10-/m0/s1. The van der Waals surface area contributed by atoms with Crippen LogP contribution < -0.4 is 5.32 Å². The summed E-state index contributed by atoms with van der Waals surface area (Å²) in [4.78, 5) is 19.5. The summed E-state index contributed by atoms with van der Waals surface area (Å²) in [5.41, 5.74) is 1.85. The first-order valence-corrected chi connectivity index (χ1v) is 5.75. The summed E-state index contributed by atoms with van der Waals surface area (Å²) in [7, 11) is 0. The van der Waals surface area contributed by atoms with Gasteiger partial charge in [-0.2, -0.15) is 0 Å². The zero-order chi connectivity index (χ0) is 13.0. The minimum atomic E-state index is -0.874. The van der Waals surface area contributed by atoms with Crippen LogP contribution in [-0.4, -0.2) is 27.1 Å². The molecule has 1 aromatic heterocycles. The molecule has 5 nitrogen and oxygen atoms in total. The number of carboxylic acid groups (broad SMARTS) is 1. The van der Waals surface area contributed by atoms with E-state index in [1.807, 2.05) is 27.7 Å². The van der Waals surface area contributed by atoms with Crippen LogP contribution in [0.15, 0.2) is 6.20 Å². The fraction of sp³-hybridized carbons (Fsp3) is 0.583. The molecule has 0 aliphatic carbocycles. The van der Waals surface area contributed by atoms with Gasteiger partial charge < -0.3 is 10.4 Å². The van der Waals surface area contributed by atoms with Crippen LogP contribution in [0.4, 0.5) is 5.95 Å².